The maximum Gasteiger partial charge on any atom is 0.335 e. The SMILES string of the molecule is CCN(CC)C(=O)COc1cccc(NC(=O)c2ccc(C(=O)O)cc2F)c1. The van der Waals surface area contributed by atoms with Crippen molar-refractivity contribution in [2.45, 2.75) is 13.8 Å². The molecule has 2 N–H and O–H groups in total. The fourth-order valence-electron chi connectivity index (χ4n) is 2.51. The Balaban J connectivity index is 2.05. The Kier molecular flexibility index (Phi) is 7.08. The van der Waals surface area contributed by atoms with Crippen molar-refractivity contribution in [3.63, 3.8) is 0 Å². The second-order valence-electron chi connectivity index (χ2n) is 5.84. The molecule has 0 aliphatic rings. The standard InChI is InChI=1S/C20H21FN2O5/c1-3-23(4-2)18(24)12-28-15-7-5-6-14(11-15)22-19(25)16-9-8-13(20(26)27)10-17(16)21/h5-11H,3-4,12H2,1-2H3,(H,22,25)(H,26,27). The quantitative estimate of drug-likeness (QED) is 0.725. The van der Waals surface area contributed by atoms with Crippen LogP contribution in [0.4, 0.5) is 10.1 Å². The molecule has 0 spiro atoms. The van der Waals surface area contributed by atoms with Crippen LogP contribution in [0.2, 0.25) is 0 Å². The van der Waals surface area contributed by atoms with Crippen LogP contribution in [0.3, 0.4) is 0 Å². The zero-order valence-electron chi connectivity index (χ0n) is 15.6. The third-order valence-corrected chi connectivity index (χ3v) is 4.03. The first-order valence-corrected chi connectivity index (χ1v) is 8.70. The van der Waals surface area contributed by atoms with E-state index in [1.165, 1.54) is 6.07 Å². The van der Waals surface area contributed by atoms with E-state index in [9.17, 15) is 18.8 Å². The van der Waals surface area contributed by atoms with Gasteiger partial charge in [0.2, 0.25) is 0 Å². The van der Waals surface area contributed by atoms with Gasteiger partial charge in [-0.15, -0.1) is 0 Å². The number of halogens is 1. The molecule has 2 amide bonds. The van der Waals surface area contributed by atoms with Gasteiger partial charge in [-0.1, -0.05) is 6.07 Å². The fourth-order valence-corrected chi connectivity index (χ4v) is 2.51. The second kappa shape index (κ2) is 9.50. The summed E-state index contributed by atoms with van der Waals surface area (Å²) in [5.41, 5.74) is -0.185. The minimum Gasteiger partial charge on any atom is -0.484 e. The molecule has 0 aromatic heterocycles. The van der Waals surface area contributed by atoms with E-state index in [4.69, 9.17) is 9.84 Å². The van der Waals surface area contributed by atoms with Gasteiger partial charge in [-0.2, -0.15) is 0 Å². The third-order valence-electron chi connectivity index (χ3n) is 4.03. The van der Waals surface area contributed by atoms with E-state index in [1.54, 1.807) is 23.1 Å². The highest BCUT2D eigenvalue weighted by Crippen LogP contribution is 2.19. The zero-order valence-corrected chi connectivity index (χ0v) is 15.6. The number of nitrogens with zero attached hydrogens (tertiary/aromatic N) is 1. The summed E-state index contributed by atoms with van der Waals surface area (Å²) in [6.07, 6.45) is 0. The molecule has 0 heterocycles. The predicted molar refractivity (Wildman–Crippen MR) is 101 cm³/mol. The molecule has 0 atom stereocenters. The van der Waals surface area contributed by atoms with Crippen molar-refractivity contribution in [2.24, 2.45) is 0 Å². The summed E-state index contributed by atoms with van der Waals surface area (Å²) in [6, 6.07) is 9.40. The van der Waals surface area contributed by atoms with Crippen molar-refractivity contribution in [2.75, 3.05) is 25.0 Å². The number of aromatic carboxylic acids is 1. The average molecular weight is 388 g/mol. The lowest BCUT2D eigenvalue weighted by Gasteiger charge is -2.18. The van der Waals surface area contributed by atoms with Crippen LogP contribution < -0.4 is 10.1 Å². The monoisotopic (exact) mass is 388 g/mol. The number of carboxylic acids is 1. The number of carbonyl (C=O) groups excluding carboxylic acids is 2. The van der Waals surface area contributed by atoms with E-state index < -0.39 is 17.7 Å². The largest absolute Gasteiger partial charge is 0.484 e. The highest BCUT2D eigenvalue weighted by molar-refractivity contribution is 6.05. The van der Waals surface area contributed by atoms with E-state index in [-0.39, 0.29) is 23.6 Å². The molecule has 8 heteroatoms. The normalized spacial score (nSPS) is 10.2. The number of carboxylic acid groups (broad SMARTS) is 1. The van der Waals surface area contributed by atoms with E-state index in [0.717, 1.165) is 18.2 Å². The van der Waals surface area contributed by atoms with Gasteiger partial charge in [0, 0.05) is 24.8 Å². The molecule has 0 saturated carbocycles. The number of hydrogen-bond donors (Lipinski definition) is 2. The summed E-state index contributed by atoms with van der Waals surface area (Å²) in [4.78, 5) is 36.7. The molecule has 0 bridgehead atoms. The number of likely N-dealkylation sites (N-methyl/N-ethyl adjacent to an activating group) is 1. The van der Waals surface area contributed by atoms with Crippen molar-refractivity contribution in [3.8, 4) is 5.75 Å². The summed E-state index contributed by atoms with van der Waals surface area (Å²) in [5.74, 6) is -2.73. The van der Waals surface area contributed by atoms with E-state index >= 15 is 0 Å². The molecular weight excluding hydrogens is 367 g/mol. The van der Waals surface area contributed by atoms with Crippen molar-refractivity contribution < 1.29 is 28.6 Å². The highest BCUT2D eigenvalue weighted by Gasteiger charge is 2.15. The van der Waals surface area contributed by atoms with Crippen LogP contribution >= 0.6 is 0 Å². The molecule has 28 heavy (non-hydrogen) atoms. The molecule has 2 aromatic carbocycles. The Morgan fingerprint density at radius 3 is 2.43 bits per heavy atom. The Labute approximate surface area is 161 Å². The predicted octanol–water partition coefficient (Wildman–Crippen LogP) is 3.02. The van der Waals surface area contributed by atoms with Gasteiger partial charge in [0.1, 0.15) is 11.6 Å². The molecule has 0 aliphatic heterocycles. The summed E-state index contributed by atoms with van der Waals surface area (Å²) < 4.78 is 19.5. The number of nitrogens with one attached hydrogen (secondary N) is 1. The molecule has 0 aliphatic carbocycles. The lowest BCUT2D eigenvalue weighted by molar-refractivity contribution is -0.132. The minimum atomic E-state index is -1.28. The van der Waals surface area contributed by atoms with Crippen LogP contribution in [-0.2, 0) is 4.79 Å². The lowest BCUT2D eigenvalue weighted by atomic mass is 10.1. The first kappa shape index (κ1) is 20.9. The topological polar surface area (TPSA) is 95.9 Å². The third kappa shape index (κ3) is 5.29. The van der Waals surface area contributed by atoms with Crippen molar-refractivity contribution >= 4 is 23.5 Å². The van der Waals surface area contributed by atoms with E-state index in [1.807, 2.05) is 13.8 Å². The number of anilines is 1. The Bertz CT molecular complexity index is 881. The number of benzene rings is 2. The number of ether oxygens (including phenoxy) is 1. The smallest absolute Gasteiger partial charge is 0.335 e. The molecule has 148 valence electrons. The van der Waals surface area contributed by atoms with Crippen LogP contribution in [-0.4, -0.2) is 47.5 Å². The second-order valence-corrected chi connectivity index (χ2v) is 5.84. The van der Waals surface area contributed by atoms with Gasteiger partial charge in [-0.25, -0.2) is 9.18 Å². The van der Waals surface area contributed by atoms with Gasteiger partial charge in [-0.3, -0.25) is 9.59 Å². The Morgan fingerprint density at radius 1 is 1.11 bits per heavy atom. The van der Waals surface area contributed by atoms with Crippen LogP contribution in [0.1, 0.15) is 34.6 Å². The van der Waals surface area contributed by atoms with Gasteiger partial charge in [0.15, 0.2) is 6.61 Å². The molecule has 0 saturated heterocycles. The van der Waals surface area contributed by atoms with Crippen molar-refractivity contribution in [1.29, 1.82) is 0 Å². The van der Waals surface area contributed by atoms with Crippen LogP contribution in [0, 0.1) is 5.82 Å². The number of amides is 2. The summed E-state index contributed by atoms with van der Waals surface area (Å²) in [6.45, 7) is 4.78. The molecule has 2 rings (SSSR count). The molecule has 2 aromatic rings. The molecule has 0 unspecified atom stereocenters. The minimum absolute atomic E-state index is 0.135. The number of carbonyl (C=O) groups is 3. The first-order chi connectivity index (χ1) is 13.3. The summed E-state index contributed by atoms with van der Waals surface area (Å²) in [7, 11) is 0. The van der Waals surface area contributed by atoms with Gasteiger partial charge >= 0.3 is 5.97 Å². The van der Waals surface area contributed by atoms with E-state index in [2.05, 4.69) is 5.32 Å². The van der Waals surface area contributed by atoms with Crippen molar-refractivity contribution in [1.82, 2.24) is 4.90 Å². The first-order valence-electron chi connectivity index (χ1n) is 8.70. The summed E-state index contributed by atoms with van der Waals surface area (Å²) in [5, 5.41) is 11.4. The molecular formula is C20H21FN2O5. The number of hydrogen-bond acceptors (Lipinski definition) is 4. The maximum absolute atomic E-state index is 14.0. The molecule has 0 radical (unpaired) electrons. The van der Waals surface area contributed by atoms with Gasteiger partial charge in [0.25, 0.3) is 11.8 Å². The van der Waals surface area contributed by atoms with Crippen LogP contribution in [0.15, 0.2) is 42.5 Å². The van der Waals surface area contributed by atoms with Crippen LogP contribution in [0.5, 0.6) is 5.75 Å². The van der Waals surface area contributed by atoms with Crippen molar-refractivity contribution in [3.05, 3.63) is 59.4 Å². The molecule has 0 fully saturated rings. The Hall–Kier alpha value is -3.42. The van der Waals surface area contributed by atoms with Gasteiger partial charge < -0.3 is 20.1 Å². The molecule has 7 nitrogen and oxygen atoms in total. The van der Waals surface area contributed by atoms with Gasteiger partial charge in [0.05, 0.1) is 11.1 Å². The van der Waals surface area contributed by atoms with Crippen LogP contribution in [0.25, 0.3) is 0 Å². The maximum atomic E-state index is 14.0. The fraction of sp³-hybridized carbons (Fsp3) is 0.250. The number of rotatable bonds is 8. The zero-order chi connectivity index (χ0) is 20.7. The highest BCUT2D eigenvalue weighted by atomic mass is 19.1. The summed E-state index contributed by atoms with van der Waals surface area (Å²) >= 11 is 0. The lowest BCUT2D eigenvalue weighted by Crippen LogP contribution is -2.34. The Morgan fingerprint density at radius 2 is 1.82 bits per heavy atom. The van der Waals surface area contributed by atoms with Gasteiger partial charge in [-0.05, 0) is 44.2 Å². The van der Waals surface area contributed by atoms with E-state index in [0.29, 0.717) is 24.5 Å². The average Bonchev–Trinajstić information content (AvgIpc) is 2.67.